The number of esters is 2. The summed E-state index contributed by atoms with van der Waals surface area (Å²) in [5.41, 5.74) is 5.68. The molecule has 10 nitrogen and oxygen atoms in total. The predicted octanol–water partition coefficient (Wildman–Crippen LogP) is 1.72. The van der Waals surface area contributed by atoms with Gasteiger partial charge in [0, 0.05) is 12.1 Å². The van der Waals surface area contributed by atoms with Gasteiger partial charge in [0.2, 0.25) is 0 Å². The Morgan fingerprint density at radius 2 is 1.72 bits per heavy atom. The Hall–Kier alpha value is -3.43. The monoisotopic (exact) mass is 348 g/mol. The zero-order valence-electron chi connectivity index (χ0n) is 13.6. The van der Waals surface area contributed by atoms with Gasteiger partial charge in [-0.25, -0.2) is 14.3 Å². The van der Waals surface area contributed by atoms with Crippen LogP contribution < -0.4 is 5.73 Å². The SMILES string of the molecule is CCOC(=O)c1nn(-c2ccc([N+](=O)[O-])cc2)c(N)c1C(=O)OCC. The summed E-state index contributed by atoms with van der Waals surface area (Å²) in [4.78, 5) is 34.4. The molecule has 0 unspecified atom stereocenters. The standard InChI is InChI=1S/C15H16N4O6/c1-3-24-14(20)11-12(15(21)25-4-2)17-18(13(11)16)9-5-7-10(8-6-9)19(22)23/h5-8H,3-4,16H2,1-2H3. The van der Waals surface area contributed by atoms with Crippen LogP contribution in [0.15, 0.2) is 24.3 Å². The lowest BCUT2D eigenvalue weighted by Gasteiger charge is -2.05. The molecule has 10 heteroatoms. The van der Waals surface area contributed by atoms with E-state index < -0.39 is 16.9 Å². The van der Waals surface area contributed by atoms with Gasteiger partial charge in [-0.1, -0.05) is 0 Å². The van der Waals surface area contributed by atoms with Gasteiger partial charge in [-0.05, 0) is 26.0 Å². The normalized spacial score (nSPS) is 10.3. The molecule has 0 radical (unpaired) electrons. The lowest BCUT2D eigenvalue weighted by Crippen LogP contribution is -2.14. The molecule has 0 amide bonds. The summed E-state index contributed by atoms with van der Waals surface area (Å²) in [6, 6.07) is 5.30. The third-order valence-electron chi connectivity index (χ3n) is 3.17. The molecule has 132 valence electrons. The molecule has 2 rings (SSSR count). The molecule has 0 aliphatic heterocycles. The highest BCUT2D eigenvalue weighted by Crippen LogP contribution is 2.24. The van der Waals surface area contributed by atoms with Crippen molar-refractivity contribution in [2.45, 2.75) is 13.8 Å². The lowest BCUT2D eigenvalue weighted by atomic mass is 10.2. The Morgan fingerprint density at radius 1 is 1.16 bits per heavy atom. The van der Waals surface area contributed by atoms with Crippen molar-refractivity contribution in [1.82, 2.24) is 9.78 Å². The number of nitro groups is 1. The number of hydrogen-bond acceptors (Lipinski definition) is 8. The zero-order chi connectivity index (χ0) is 18.6. The van der Waals surface area contributed by atoms with E-state index >= 15 is 0 Å². The van der Waals surface area contributed by atoms with Gasteiger partial charge < -0.3 is 15.2 Å². The molecule has 0 aliphatic rings. The number of rotatable bonds is 6. The van der Waals surface area contributed by atoms with E-state index in [0.29, 0.717) is 5.69 Å². The fraction of sp³-hybridized carbons (Fsp3) is 0.267. The summed E-state index contributed by atoms with van der Waals surface area (Å²) < 4.78 is 10.9. The average Bonchev–Trinajstić information content (AvgIpc) is 2.93. The predicted molar refractivity (Wildman–Crippen MR) is 86.5 cm³/mol. The van der Waals surface area contributed by atoms with E-state index in [2.05, 4.69) is 5.10 Å². The fourth-order valence-electron chi connectivity index (χ4n) is 2.09. The van der Waals surface area contributed by atoms with Gasteiger partial charge in [-0.2, -0.15) is 5.10 Å². The number of benzene rings is 1. The summed E-state index contributed by atoms with van der Waals surface area (Å²) in [7, 11) is 0. The first-order valence-corrected chi connectivity index (χ1v) is 7.38. The van der Waals surface area contributed by atoms with Crippen LogP contribution in [0, 0.1) is 10.1 Å². The molecule has 0 spiro atoms. The third-order valence-corrected chi connectivity index (χ3v) is 3.17. The molecule has 0 fully saturated rings. The van der Waals surface area contributed by atoms with Gasteiger partial charge in [0.05, 0.1) is 23.8 Å². The van der Waals surface area contributed by atoms with Gasteiger partial charge >= 0.3 is 11.9 Å². The maximum atomic E-state index is 12.1. The number of nitro benzene ring substituents is 1. The van der Waals surface area contributed by atoms with Crippen molar-refractivity contribution in [3.8, 4) is 5.69 Å². The van der Waals surface area contributed by atoms with Crippen molar-refractivity contribution in [2.24, 2.45) is 0 Å². The topological polar surface area (TPSA) is 140 Å². The first-order valence-electron chi connectivity index (χ1n) is 7.38. The van der Waals surface area contributed by atoms with Crippen LogP contribution in [0.4, 0.5) is 11.5 Å². The fourth-order valence-corrected chi connectivity index (χ4v) is 2.09. The molecular formula is C15H16N4O6. The average molecular weight is 348 g/mol. The second kappa shape index (κ2) is 7.43. The largest absolute Gasteiger partial charge is 0.462 e. The summed E-state index contributed by atoms with van der Waals surface area (Å²) in [6.07, 6.45) is 0. The van der Waals surface area contributed by atoms with Gasteiger partial charge in [-0.15, -0.1) is 0 Å². The Bertz CT molecular complexity index is 812. The molecule has 0 bridgehead atoms. The lowest BCUT2D eigenvalue weighted by molar-refractivity contribution is -0.384. The van der Waals surface area contributed by atoms with E-state index in [1.54, 1.807) is 13.8 Å². The molecule has 1 aromatic carbocycles. The quantitative estimate of drug-likeness (QED) is 0.473. The highest BCUT2D eigenvalue weighted by Gasteiger charge is 2.29. The van der Waals surface area contributed by atoms with E-state index in [9.17, 15) is 19.7 Å². The molecule has 0 atom stereocenters. The first kappa shape index (κ1) is 17.9. The van der Waals surface area contributed by atoms with Crippen LogP contribution in [-0.4, -0.2) is 39.9 Å². The molecule has 0 aliphatic carbocycles. The van der Waals surface area contributed by atoms with Crippen LogP contribution >= 0.6 is 0 Å². The van der Waals surface area contributed by atoms with Crippen molar-refractivity contribution in [2.75, 3.05) is 18.9 Å². The molecule has 1 heterocycles. The van der Waals surface area contributed by atoms with Crippen LogP contribution in [-0.2, 0) is 9.47 Å². The van der Waals surface area contributed by atoms with Crippen molar-refractivity contribution in [3.63, 3.8) is 0 Å². The number of hydrogen-bond donors (Lipinski definition) is 1. The second-order valence-corrected chi connectivity index (χ2v) is 4.74. The van der Waals surface area contributed by atoms with Gasteiger partial charge in [-0.3, -0.25) is 10.1 Å². The number of aromatic nitrogens is 2. The Kier molecular flexibility index (Phi) is 5.32. The first-order chi connectivity index (χ1) is 11.9. The summed E-state index contributed by atoms with van der Waals surface area (Å²) in [5.74, 6) is -1.76. The highest BCUT2D eigenvalue weighted by atomic mass is 16.6. The van der Waals surface area contributed by atoms with Crippen molar-refractivity contribution >= 4 is 23.4 Å². The minimum absolute atomic E-state index is 0.0866. The number of ether oxygens (including phenoxy) is 2. The second-order valence-electron chi connectivity index (χ2n) is 4.74. The number of nitrogens with two attached hydrogens (primary N) is 1. The Balaban J connectivity index is 2.55. The van der Waals surface area contributed by atoms with E-state index in [1.165, 1.54) is 24.3 Å². The van der Waals surface area contributed by atoms with E-state index in [0.717, 1.165) is 4.68 Å². The van der Waals surface area contributed by atoms with Gasteiger partial charge in [0.25, 0.3) is 5.69 Å². The van der Waals surface area contributed by atoms with E-state index in [1.807, 2.05) is 0 Å². The molecule has 0 saturated heterocycles. The molecule has 2 N–H and O–H groups in total. The maximum absolute atomic E-state index is 12.1. The number of non-ortho nitro benzene ring substituents is 1. The molecule has 0 saturated carbocycles. The van der Waals surface area contributed by atoms with Crippen molar-refractivity contribution in [3.05, 3.63) is 45.6 Å². The Labute approximate surface area is 142 Å². The van der Waals surface area contributed by atoms with Crippen LogP contribution in [0.3, 0.4) is 0 Å². The maximum Gasteiger partial charge on any atom is 0.359 e. The highest BCUT2D eigenvalue weighted by molar-refractivity contribution is 6.05. The van der Waals surface area contributed by atoms with Gasteiger partial charge in [0.1, 0.15) is 11.4 Å². The van der Waals surface area contributed by atoms with Gasteiger partial charge in [0.15, 0.2) is 5.69 Å². The van der Waals surface area contributed by atoms with Crippen molar-refractivity contribution in [1.29, 1.82) is 0 Å². The number of anilines is 1. The summed E-state index contributed by atoms with van der Waals surface area (Å²) in [5, 5.41) is 14.8. The van der Waals surface area contributed by atoms with Crippen molar-refractivity contribution < 1.29 is 24.0 Å². The zero-order valence-corrected chi connectivity index (χ0v) is 13.6. The van der Waals surface area contributed by atoms with E-state index in [-0.39, 0.29) is 36.0 Å². The molecule has 1 aromatic heterocycles. The minimum Gasteiger partial charge on any atom is -0.462 e. The number of nitrogen functional groups attached to an aromatic ring is 1. The molecular weight excluding hydrogens is 332 g/mol. The smallest absolute Gasteiger partial charge is 0.359 e. The summed E-state index contributed by atoms with van der Waals surface area (Å²) >= 11 is 0. The molecule has 25 heavy (non-hydrogen) atoms. The van der Waals surface area contributed by atoms with Crippen LogP contribution in [0.2, 0.25) is 0 Å². The third kappa shape index (κ3) is 3.57. The number of carbonyl (C=O) groups excluding carboxylic acids is 2. The number of nitrogens with zero attached hydrogens (tertiary/aromatic N) is 3. The van der Waals surface area contributed by atoms with Crippen LogP contribution in [0.25, 0.3) is 5.69 Å². The van der Waals surface area contributed by atoms with E-state index in [4.69, 9.17) is 15.2 Å². The molecule has 2 aromatic rings. The summed E-state index contributed by atoms with van der Waals surface area (Å²) in [6.45, 7) is 3.39. The van der Waals surface area contributed by atoms with Crippen LogP contribution in [0.1, 0.15) is 34.7 Å². The minimum atomic E-state index is -0.821. The number of carbonyl (C=O) groups is 2. The van der Waals surface area contributed by atoms with Crippen LogP contribution in [0.5, 0.6) is 0 Å². The Morgan fingerprint density at radius 3 is 2.24 bits per heavy atom.